The average Bonchev–Trinajstić information content (AvgIpc) is 3.45. The summed E-state index contributed by atoms with van der Waals surface area (Å²) in [6, 6.07) is 12.0. The number of methoxy groups -OCH3 is 1. The van der Waals surface area contributed by atoms with Crippen molar-refractivity contribution in [1.82, 2.24) is 20.0 Å². The van der Waals surface area contributed by atoms with Gasteiger partial charge in [-0.1, -0.05) is 35.2 Å². The van der Waals surface area contributed by atoms with Crippen LogP contribution in [-0.4, -0.2) is 37.9 Å². The molecule has 0 bridgehead atoms. The molecule has 0 spiro atoms. The zero-order valence-electron chi connectivity index (χ0n) is 17.0. The number of nitro groups is 1. The fourth-order valence-corrected chi connectivity index (χ4v) is 4.46. The van der Waals surface area contributed by atoms with Crippen LogP contribution in [0.15, 0.2) is 59.1 Å². The fourth-order valence-electron chi connectivity index (χ4n) is 2.77. The lowest BCUT2D eigenvalue weighted by Gasteiger charge is -2.00. The van der Waals surface area contributed by atoms with E-state index in [-0.39, 0.29) is 28.1 Å². The van der Waals surface area contributed by atoms with Gasteiger partial charge in [0.05, 0.1) is 23.9 Å². The number of carbonyl (C=O) groups excluding carboxylic acids is 1. The molecule has 4 aromatic rings. The number of amides is 1. The van der Waals surface area contributed by atoms with Gasteiger partial charge in [0.25, 0.3) is 11.6 Å². The first-order chi connectivity index (χ1) is 15.9. The lowest BCUT2D eigenvalue weighted by molar-refractivity contribution is -0.384. The quantitative estimate of drug-likeness (QED) is 0.169. The highest BCUT2D eigenvalue weighted by Crippen LogP contribution is 2.30. The summed E-state index contributed by atoms with van der Waals surface area (Å²) in [4.78, 5) is 23.2. The Labute approximate surface area is 194 Å². The maximum absolute atomic E-state index is 13.2. The van der Waals surface area contributed by atoms with E-state index in [1.54, 1.807) is 12.1 Å². The molecule has 2 aromatic carbocycles. The van der Waals surface area contributed by atoms with E-state index < -0.39 is 10.8 Å². The largest absolute Gasteiger partial charge is 0.493 e. The van der Waals surface area contributed by atoms with Crippen LogP contribution in [0.3, 0.4) is 0 Å². The van der Waals surface area contributed by atoms with Crippen LogP contribution in [0.1, 0.15) is 16.1 Å². The van der Waals surface area contributed by atoms with Crippen molar-refractivity contribution in [2.24, 2.45) is 0 Å². The first kappa shape index (κ1) is 22.4. The molecule has 0 unspecified atom stereocenters. The third-order valence-corrected chi connectivity index (χ3v) is 6.36. The molecule has 0 aliphatic carbocycles. The topological polar surface area (TPSA) is 125 Å². The highest BCUT2D eigenvalue weighted by atomic mass is 32.2. The van der Waals surface area contributed by atoms with Gasteiger partial charge < -0.3 is 4.74 Å². The van der Waals surface area contributed by atoms with E-state index in [1.807, 2.05) is 0 Å². The standard InChI is InChI=1S/C20H15FN6O4S2/c1-31-16-10-26(14-7-5-13(21)6-8-14)25-17(16)18(28)22-19-23-24-20(33-19)32-11-12-3-2-4-15(9-12)27(29)30/h2-10H,11H2,1H3,(H,22,23,28). The summed E-state index contributed by atoms with van der Waals surface area (Å²) in [5, 5.41) is 26.0. The lowest BCUT2D eigenvalue weighted by atomic mass is 10.2. The zero-order chi connectivity index (χ0) is 23.4. The van der Waals surface area contributed by atoms with E-state index in [1.165, 1.54) is 66.1 Å². The second kappa shape index (κ2) is 9.75. The fraction of sp³-hybridized carbons (Fsp3) is 0.100. The summed E-state index contributed by atoms with van der Waals surface area (Å²) in [7, 11) is 1.41. The van der Waals surface area contributed by atoms with Crippen molar-refractivity contribution >= 4 is 39.8 Å². The molecule has 1 amide bonds. The number of nitrogens with zero attached hydrogens (tertiary/aromatic N) is 5. The number of hydrogen-bond donors (Lipinski definition) is 1. The van der Waals surface area contributed by atoms with Crippen LogP contribution in [0.25, 0.3) is 5.69 Å². The maximum Gasteiger partial charge on any atom is 0.281 e. The Morgan fingerprint density at radius 3 is 2.79 bits per heavy atom. The number of halogens is 1. The van der Waals surface area contributed by atoms with Crippen LogP contribution in [0.5, 0.6) is 5.75 Å². The first-order valence-electron chi connectivity index (χ1n) is 9.33. The summed E-state index contributed by atoms with van der Waals surface area (Å²) in [5.74, 6) is -0.229. The number of hydrogen-bond acceptors (Lipinski definition) is 9. The Hall–Kier alpha value is -3.84. The van der Waals surface area contributed by atoms with Gasteiger partial charge in [-0.05, 0) is 29.8 Å². The number of nitro benzene ring substituents is 1. The minimum atomic E-state index is -0.543. The Balaban J connectivity index is 1.43. The Morgan fingerprint density at radius 2 is 2.06 bits per heavy atom. The predicted octanol–water partition coefficient (Wildman–Crippen LogP) is 4.32. The van der Waals surface area contributed by atoms with E-state index in [4.69, 9.17) is 4.74 Å². The van der Waals surface area contributed by atoms with Gasteiger partial charge >= 0.3 is 0 Å². The monoisotopic (exact) mass is 486 g/mol. The van der Waals surface area contributed by atoms with Crippen molar-refractivity contribution in [3.63, 3.8) is 0 Å². The Bertz CT molecular complexity index is 1310. The number of nitrogens with one attached hydrogen (secondary N) is 1. The molecule has 0 aliphatic rings. The molecule has 2 heterocycles. The number of thioether (sulfide) groups is 1. The molecule has 2 aromatic heterocycles. The number of aromatic nitrogens is 4. The number of ether oxygens (including phenoxy) is 1. The van der Waals surface area contributed by atoms with Crippen LogP contribution < -0.4 is 10.1 Å². The predicted molar refractivity (Wildman–Crippen MR) is 121 cm³/mol. The highest BCUT2D eigenvalue weighted by molar-refractivity contribution is 8.00. The van der Waals surface area contributed by atoms with Gasteiger partial charge in [-0.2, -0.15) is 5.10 Å². The minimum Gasteiger partial charge on any atom is -0.493 e. The number of anilines is 1. The normalized spacial score (nSPS) is 10.7. The molecule has 168 valence electrons. The summed E-state index contributed by atoms with van der Waals surface area (Å²) < 4.78 is 20.4. The number of benzene rings is 2. The maximum atomic E-state index is 13.2. The molecule has 0 radical (unpaired) electrons. The third-order valence-electron chi connectivity index (χ3n) is 4.32. The van der Waals surface area contributed by atoms with Crippen molar-refractivity contribution in [3.05, 3.63) is 81.9 Å². The van der Waals surface area contributed by atoms with Gasteiger partial charge in [0, 0.05) is 17.9 Å². The summed E-state index contributed by atoms with van der Waals surface area (Å²) in [6.07, 6.45) is 1.52. The summed E-state index contributed by atoms with van der Waals surface area (Å²) >= 11 is 2.51. The number of carbonyl (C=O) groups is 1. The molecule has 10 nitrogen and oxygen atoms in total. The Morgan fingerprint density at radius 1 is 1.27 bits per heavy atom. The molecule has 1 N–H and O–H groups in total. The van der Waals surface area contributed by atoms with Crippen LogP contribution in [0.2, 0.25) is 0 Å². The lowest BCUT2D eigenvalue weighted by Crippen LogP contribution is -2.14. The number of non-ortho nitro benzene ring substituents is 1. The molecule has 0 saturated carbocycles. The Kier molecular flexibility index (Phi) is 6.60. The SMILES string of the molecule is COc1cn(-c2ccc(F)cc2)nc1C(=O)Nc1nnc(SCc2cccc([N+](=O)[O-])c2)s1. The van der Waals surface area contributed by atoms with E-state index in [0.717, 1.165) is 16.9 Å². The molecule has 0 fully saturated rings. The average molecular weight is 487 g/mol. The van der Waals surface area contributed by atoms with Crippen molar-refractivity contribution in [1.29, 1.82) is 0 Å². The van der Waals surface area contributed by atoms with E-state index >= 15 is 0 Å². The second-order valence-electron chi connectivity index (χ2n) is 6.51. The van der Waals surface area contributed by atoms with E-state index in [0.29, 0.717) is 15.8 Å². The van der Waals surface area contributed by atoms with Gasteiger partial charge in [0.1, 0.15) is 5.82 Å². The molecule has 0 atom stereocenters. The van der Waals surface area contributed by atoms with Crippen molar-refractivity contribution < 1.29 is 18.8 Å². The van der Waals surface area contributed by atoms with Crippen molar-refractivity contribution in [2.75, 3.05) is 12.4 Å². The summed E-state index contributed by atoms with van der Waals surface area (Å²) in [6.45, 7) is 0. The molecule has 0 saturated heterocycles. The smallest absolute Gasteiger partial charge is 0.281 e. The van der Waals surface area contributed by atoms with Crippen LogP contribution in [-0.2, 0) is 5.75 Å². The number of rotatable bonds is 8. The van der Waals surface area contributed by atoms with Gasteiger partial charge in [-0.3, -0.25) is 20.2 Å². The molecular weight excluding hydrogens is 471 g/mol. The minimum absolute atomic E-state index is 0.0207. The van der Waals surface area contributed by atoms with Gasteiger partial charge in [-0.15, -0.1) is 10.2 Å². The molecular formula is C20H15FN6O4S2. The van der Waals surface area contributed by atoms with Crippen molar-refractivity contribution in [3.8, 4) is 11.4 Å². The van der Waals surface area contributed by atoms with Gasteiger partial charge in [-0.25, -0.2) is 9.07 Å². The zero-order valence-corrected chi connectivity index (χ0v) is 18.6. The molecule has 13 heteroatoms. The first-order valence-corrected chi connectivity index (χ1v) is 11.1. The molecule has 33 heavy (non-hydrogen) atoms. The van der Waals surface area contributed by atoms with Crippen molar-refractivity contribution in [2.45, 2.75) is 10.1 Å². The molecule has 0 aliphatic heterocycles. The second-order valence-corrected chi connectivity index (χ2v) is 8.71. The highest BCUT2D eigenvalue weighted by Gasteiger charge is 2.20. The van der Waals surface area contributed by atoms with E-state index in [9.17, 15) is 19.3 Å². The third kappa shape index (κ3) is 5.32. The summed E-state index contributed by atoms with van der Waals surface area (Å²) in [5.41, 5.74) is 1.38. The van der Waals surface area contributed by atoms with Crippen LogP contribution >= 0.6 is 23.1 Å². The van der Waals surface area contributed by atoms with E-state index in [2.05, 4.69) is 20.6 Å². The van der Waals surface area contributed by atoms with Gasteiger partial charge in [0.15, 0.2) is 15.8 Å². The van der Waals surface area contributed by atoms with Gasteiger partial charge in [0.2, 0.25) is 5.13 Å². The molecule has 4 rings (SSSR count). The van der Waals surface area contributed by atoms with Crippen LogP contribution in [0.4, 0.5) is 15.2 Å². The van der Waals surface area contributed by atoms with Crippen LogP contribution in [0, 0.1) is 15.9 Å².